The summed E-state index contributed by atoms with van der Waals surface area (Å²) in [7, 11) is 0. The zero-order valence-electron chi connectivity index (χ0n) is 11.7. The smallest absolute Gasteiger partial charge is 0.311 e. The topological polar surface area (TPSA) is 52.6 Å². The summed E-state index contributed by atoms with van der Waals surface area (Å²) in [5, 5.41) is 0. The van der Waals surface area contributed by atoms with Crippen LogP contribution in [0.5, 0.6) is 5.75 Å². The number of hydrogen-bond acceptors (Lipinski definition) is 4. The third-order valence-electron chi connectivity index (χ3n) is 2.85. The van der Waals surface area contributed by atoms with Gasteiger partial charge in [-0.3, -0.25) is 9.59 Å². The highest BCUT2D eigenvalue weighted by Gasteiger charge is 2.10. The lowest BCUT2D eigenvalue weighted by atomic mass is 10.1. The fraction of sp³-hybridized carbons (Fsp3) is 0.467. The molecular formula is C15H20O4. The molecule has 0 aliphatic heterocycles. The highest BCUT2D eigenvalue weighted by molar-refractivity contribution is 5.74. The first-order chi connectivity index (χ1) is 9.04. The molecular weight excluding hydrogens is 244 g/mol. The first kappa shape index (κ1) is 15.2. The van der Waals surface area contributed by atoms with Gasteiger partial charge in [-0.15, -0.1) is 0 Å². The SMILES string of the molecule is CCOC(=O)CCCC(=O)Oc1cccc(C)c1C. The van der Waals surface area contributed by atoms with E-state index in [0.29, 0.717) is 18.8 Å². The van der Waals surface area contributed by atoms with E-state index < -0.39 is 0 Å². The molecule has 4 heteroatoms. The summed E-state index contributed by atoms with van der Waals surface area (Å²) in [5.41, 5.74) is 2.04. The van der Waals surface area contributed by atoms with E-state index in [-0.39, 0.29) is 24.8 Å². The molecule has 0 radical (unpaired) electrons. The molecule has 0 aromatic heterocycles. The third-order valence-corrected chi connectivity index (χ3v) is 2.85. The monoisotopic (exact) mass is 264 g/mol. The molecule has 104 valence electrons. The van der Waals surface area contributed by atoms with Crippen molar-refractivity contribution < 1.29 is 19.1 Å². The van der Waals surface area contributed by atoms with Gasteiger partial charge in [-0.05, 0) is 44.4 Å². The van der Waals surface area contributed by atoms with E-state index in [1.807, 2.05) is 26.0 Å². The molecule has 0 amide bonds. The van der Waals surface area contributed by atoms with E-state index in [9.17, 15) is 9.59 Å². The van der Waals surface area contributed by atoms with Crippen molar-refractivity contribution in [2.45, 2.75) is 40.0 Å². The van der Waals surface area contributed by atoms with Crippen LogP contribution in [-0.2, 0) is 14.3 Å². The molecule has 0 saturated carbocycles. The van der Waals surface area contributed by atoms with Crippen molar-refractivity contribution in [2.24, 2.45) is 0 Å². The highest BCUT2D eigenvalue weighted by Crippen LogP contribution is 2.21. The molecule has 4 nitrogen and oxygen atoms in total. The lowest BCUT2D eigenvalue weighted by Crippen LogP contribution is -2.10. The van der Waals surface area contributed by atoms with Crippen LogP contribution in [0, 0.1) is 13.8 Å². The van der Waals surface area contributed by atoms with Gasteiger partial charge in [0.05, 0.1) is 6.61 Å². The van der Waals surface area contributed by atoms with E-state index in [0.717, 1.165) is 11.1 Å². The summed E-state index contributed by atoms with van der Waals surface area (Å²) in [6, 6.07) is 5.59. The maximum Gasteiger partial charge on any atom is 0.311 e. The molecule has 19 heavy (non-hydrogen) atoms. The fourth-order valence-electron chi connectivity index (χ4n) is 1.62. The maximum atomic E-state index is 11.6. The van der Waals surface area contributed by atoms with Gasteiger partial charge in [-0.25, -0.2) is 0 Å². The Hall–Kier alpha value is -1.84. The summed E-state index contributed by atoms with van der Waals surface area (Å²) in [5.74, 6) is -0.0128. The van der Waals surface area contributed by atoms with Crippen LogP contribution in [0.4, 0.5) is 0 Å². The molecule has 0 atom stereocenters. The third kappa shape index (κ3) is 5.12. The average Bonchev–Trinajstić information content (AvgIpc) is 2.35. The summed E-state index contributed by atoms with van der Waals surface area (Å²) in [6.07, 6.45) is 0.907. The van der Waals surface area contributed by atoms with Gasteiger partial charge in [-0.2, -0.15) is 0 Å². The van der Waals surface area contributed by atoms with Gasteiger partial charge in [0.1, 0.15) is 5.75 Å². The normalized spacial score (nSPS) is 10.1. The molecule has 1 aromatic rings. The first-order valence-corrected chi connectivity index (χ1v) is 6.47. The number of hydrogen-bond donors (Lipinski definition) is 0. The Morgan fingerprint density at radius 1 is 1.11 bits per heavy atom. The molecule has 0 unspecified atom stereocenters. The number of rotatable bonds is 6. The van der Waals surface area contributed by atoms with Gasteiger partial charge < -0.3 is 9.47 Å². The Bertz CT molecular complexity index is 451. The predicted molar refractivity (Wildman–Crippen MR) is 72.0 cm³/mol. The van der Waals surface area contributed by atoms with Crippen molar-refractivity contribution >= 4 is 11.9 Å². The largest absolute Gasteiger partial charge is 0.466 e. The summed E-state index contributed by atoms with van der Waals surface area (Å²) in [6.45, 7) is 6.00. The minimum Gasteiger partial charge on any atom is -0.466 e. The van der Waals surface area contributed by atoms with Gasteiger partial charge in [0, 0.05) is 12.8 Å². The summed E-state index contributed by atoms with van der Waals surface area (Å²) in [4.78, 5) is 22.7. The zero-order chi connectivity index (χ0) is 14.3. The highest BCUT2D eigenvalue weighted by atomic mass is 16.5. The lowest BCUT2D eigenvalue weighted by molar-refractivity contribution is -0.143. The van der Waals surface area contributed by atoms with E-state index in [4.69, 9.17) is 9.47 Å². The van der Waals surface area contributed by atoms with Crippen LogP contribution in [0.1, 0.15) is 37.3 Å². The van der Waals surface area contributed by atoms with E-state index in [1.54, 1.807) is 13.0 Å². The number of carbonyl (C=O) groups excluding carboxylic acids is 2. The number of carbonyl (C=O) groups is 2. The van der Waals surface area contributed by atoms with Crippen molar-refractivity contribution in [2.75, 3.05) is 6.61 Å². The van der Waals surface area contributed by atoms with Crippen LogP contribution in [-0.4, -0.2) is 18.5 Å². The Kier molecular flexibility index (Phi) is 6.06. The Labute approximate surface area is 113 Å². The number of ether oxygens (including phenoxy) is 2. The molecule has 0 fully saturated rings. The second-order valence-electron chi connectivity index (χ2n) is 4.33. The Morgan fingerprint density at radius 3 is 2.47 bits per heavy atom. The summed E-state index contributed by atoms with van der Waals surface area (Å²) >= 11 is 0. The van der Waals surface area contributed by atoms with E-state index in [1.165, 1.54) is 0 Å². The molecule has 0 bridgehead atoms. The van der Waals surface area contributed by atoms with Crippen LogP contribution in [0.25, 0.3) is 0 Å². The number of esters is 2. The Morgan fingerprint density at radius 2 is 1.79 bits per heavy atom. The minimum absolute atomic E-state index is 0.214. The van der Waals surface area contributed by atoms with Crippen LogP contribution < -0.4 is 4.74 Å². The fourth-order valence-corrected chi connectivity index (χ4v) is 1.62. The van der Waals surface area contributed by atoms with Crippen molar-refractivity contribution in [3.8, 4) is 5.75 Å². The Balaban J connectivity index is 2.39. The van der Waals surface area contributed by atoms with Crippen LogP contribution >= 0.6 is 0 Å². The predicted octanol–water partition coefficient (Wildman–Crippen LogP) is 2.94. The van der Waals surface area contributed by atoms with Gasteiger partial charge >= 0.3 is 11.9 Å². The zero-order valence-corrected chi connectivity index (χ0v) is 11.7. The molecule has 0 spiro atoms. The van der Waals surface area contributed by atoms with Crippen LogP contribution in [0.15, 0.2) is 18.2 Å². The molecule has 1 rings (SSSR count). The van der Waals surface area contributed by atoms with E-state index in [2.05, 4.69) is 0 Å². The van der Waals surface area contributed by atoms with Gasteiger partial charge in [-0.1, -0.05) is 12.1 Å². The van der Waals surface area contributed by atoms with Crippen LogP contribution in [0.2, 0.25) is 0 Å². The molecule has 0 saturated heterocycles. The average molecular weight is 264 g/mol. The molecule has 0 aliphatic rings. The second-order valence-corrected chi connectivity index (χ2v) is 4.33. The van der Waals surface area contributed by atoms with Crippen molar-refractivity contribution in [1.29, 1.82) is 0 Å². The molecule has 1 aromatic carbocycles. The second kappa shape index (κ2) is 7.56. The van der Waals surface area contributed by atoms with E-state index >= 15 is 0 Å². The van der Waals surface area contributed by atoms with Crippen molar-refractivity contribution in [3.05, 3.63) is 29.3 Å². The van der Waals surface area contributed by atoms with Gasteiger partial charge in [0.25, 0.3) is 0 Å². The minimum atomic E-state index is -0.321. The lowest BCUT2D eigenvalue weighted by Gasteiger charge is -2.09. The van der Waals surface area contributed by atoms with Crippen LogP contribution in [0.3, 0.4) is 0 Å². The standard InChI is InChI=1S/C15H20O4/c1-4-18-14(16)9-6-10-15(17)19-13-8-5-7-11(2)12(13)3/h5,7-8H,4,6,9-10H2,1-3H3. The van der Waals surface area contributed by atoms with Crippen molar-refractivity contribution in [1.82, 2.24) is 0 Å². The molecule has 0 aliphatic carbocycles. The molecule has 0 heterocycles. The molecule has 0 N–H and O–H groups in total. The summed E-state index contributed by atoms with van der Waals surface area (Å²) < 4.78 is 10.1. The van der Waals surface area contributed by atoms with Gasteiger partial charge in [0.15, 0.2) is 0 Å². The number of benzene rings is 1. The van der Waals surface area contributed by atoms with Gasteiger partial charge in [0.2, 0.25) is 0 Å². The number of aryl methyl sites for hydroxylation is 1. The maximum absolute atomic E-state index is 11.6. The van der Waals surface area contributed by atoms with Crippen molar-refractivity contribution in [3.63, 3.8) is 0 Å². The quantitative estimate of drug-likeness (QED) is 0.585. The first-order valence-electron chi connectivity index (χ1n) is 6.47.